The Morgan fingerprint density at radius 1 is 1.42 bits per heavy atom. The molecule has 2 aromatic rings. The lowest BCUT2D eigenvalue weighted by molar-refractivity contribution is 0.1000. The van der Waals surface area contributed by atoms with Gasteiger partial charge >= 0.3 is 0 Å². The fourth-order valence-electron chi connectivity index (χ4n) is 1.89. The first kappa shape index (κ1) is 13.3. The van der Waals surface area contributed by atoms with Gasteiger partial charge in [-0.2, -0.15) is 5.10 Å². The first-order valence-electron chi connectivity index (χ1n) is 6.15. The van der Waals surface area contributed by atoms with Gasteiger partial charge in [-0.15, -0.1) is 0 Å². The number of nitrogens with one attached hydrogen (secondary N) is 1. The fourth-order valence-corrected chi connectivity index (χ4v) is 1.89. The molecule has 0 spiro atoms. The molecule has 0 fully saturated rings. The van der Waals surface area contributed by atoms with E-state index in [1.807, 2.05) is 43.0 Å². The summed E-state index contributed by atoms with van der Waals surface area (Å²) in [6.45, 7) is 3.48. The van der Waals surface area contributed by atoms with Crippen molar-refractivity contribution in [2.75, 3.05) is 0 Å². The van der Waals surface area contributed by atoms with Crippen molar-refractivity contribution in [3.63, 3.8) is 0 Å². The third kappa shape index (κ3) is 3.20. The average molecular weight is 258 g/mol. The number of amides is 1. The van der Waals surface area contributed by atoms with Gasteiger partial charge in [0.1, 0.15) is 0 Å². The summed E-state index contributed by atoms with van der Waals surface area (Å²) in [7, 11) is 1.93. The Bertz CT molecular complexity index is 589. The summed E-state index contributed by atoms with van der Waals surface area (Å²) in [5, 5.41) is 7.53. The van der Waals surface area contributed by atoms with E-state index in [2.05, 4.69) is 10.4 Å². The summed E-state index contributed by atoms with van der Waals surface area (Å²) in [5.41, 5.74) is 9.16. The zero-order valence-electron chi connectivity index (χ0n) is 11.2. The Hall–Kier alpha value is -2.14. The second-order valence-corrected chi connectivity index (χ2v) is 4.55. The number of aromatic nitrogens is 2. The monoisotopic (exact) mass is 258 g/mol. The van der Waals surface area contributed by atoms with Gasteiger partial charge in [0.2, 0.25) is 5.91 Å². The van der Waals surface area contributed by atoms with Crippen LogP contribution in [0.2, 0.25) is 0 Å². The first-order valence-corrected chi connectivity index (χ1v) is 6.15. The van der Waals surface area contributed by atoms with E-state index in [-0.39, 0.29) is 0 Å². The van der Waals surface area contributed by atoms with Gasteiger partial charge in [0.15, 0.2) is 0 Å². The highest BCUT2D eigenvalue weighted by molar-refractivity contribution is 5.92. The van der Waals surface area contributed by atoms with Gasteiger partial charge in [0.25, 0.3) is 0 Å². The highest BCUT2D eigenvalue weighted by Crippen LogP contribution is 2.07. The molecule has 1 amide bonds. The summed E-state index contributed by atoms with van der Waals surface area (Å²) in [5.74, 6) is -0.398. The van der Waals surface area contributed by atoms with Crippen molar-refractivity contribution in [3.8, 4) is 0 Å². The van der Waals surface area contributed by atoms with Gasteiger partial charge in [0, 0.05) is 37.0 Å². The summed E-state index contributed by atoms with van der Waals surface area (Å²) < 4.78 is 1.85. The SMILES string of the molecule is Cc1c(CNCc2cccc(C(N)=O)c2)cnn1C. The summed E-state index contributed by atoms with van der Waals surface area (Å²) in [6.07, 6.45) is 1.86. The number of benzene rings is 1. The van der Waals surface area contributed by atoms with Gasteiger partial charge in [0.05, 0.1) is 6.20 Å². The highest BCUT2D eigenvalue weighted by atomic mass is 16.1. The molecule has 0 radical (unpaired) electrons. The average Bonchev–Trinajstić information content (AvgIpc) is 2.71. The van der Waals surface area contributed by atoms with Gasteiger partial charge < -0.3 is 11.1 Å². The molecule has 100 valence electrons. The normalized spacial score (nSPS) is 10.6. The molecule has 0 atom stereocenters. The van der Waals surface area contributed by atoms with Gasteiger partial charge in [-0.3, -0.25) is 9.48 Å². The van der Waals surface area contributed by atoms with Crippen molar-refractivity contribution in [3.05, 3.63) is 52.8 Å². The van der Waals surface area contributed by atoms with Crippen LogP contribution in [0, 0.1) is 6.92 Å². The van der Waals surface area contributed by atoms with Crippen LogP contribution >= 0.6 is 0 Å². The maximum atomic E-state index is 11.1. The van der Waals surface area contributed by atoms with E-state index in [9.17, 15) is 4.79 Å². The summed E-state index contributed by atoms with van der Waals surface area (Å²) in [4.78, 5) is 11.1. The molecule has 1 aromatic carbocycles. The molecule has 0 aliphatic rings. The van der Waals surface area contributed by atoms with E-state index >= 15 is 0 Å². The maximum Gasteiger partial charge on any atom is 0.248 e. The number of nitrogens with zero attached hydrogens (tertiary/aromatic N) is 2. The molecule has 2 rings (SSSR count). The van der Waals surface area contributed by atoms with Crippen molar-refractivity contribution < 1.29 is 4.79 Å². The minimum Gasteiger partial charge on any atom is -0.366 e. The molecular weight excluding hydrogens is 240 g/mol. The van der Waals surface area contributed by atoms with Crippen LogP contribution in [-0.2, 0) is 20.1 Å². The van der Waals surface area contributed by atoms with E-state index in [4.69, 9.17) is 5.73 Å². The molecule has 0 aliphatic carbocycles. The topological polar surface area (TPSA) is 72.9 Å². The van der Waals surface area contributed by atoms with E-state index in [1.54, 1.807) is 6.07 Å². The van der Waals surface area contributed by atoms with Crippen LogP contribution in [0.5, 0.6) is 0 Å². The number of hydrogen-bond acceptors (Lipinski definition) is 3. The lowest BCUT2D eigenvalue weighted by Gasteiger charge is -2.06. The number of carbonyl (C=O) groups is 1. The predicted molar refractivity (Wildman–Crippen MR) is 73.4 cm³/mol. The Morgan fingerprint density at radius 3 is 2.84 bits per heavy atom. The van der Waals surface area contributed by atoms with E-state index in [0.717, 1.165) is 17.8 Å². The van der Waals surface area contributed by atoms with Crippen LogP contribution in [0.1, 0.15) is 27.2 Å². The van der Waals surface area contributed by atoms with Crippen molar-refractivity contribution in [2.24, 2.45) is 12.8 Å². The molecule has 0 aliphatic heterocycles. The molecule has 5 heteroatoms. The largest absolute Gasteiger partial charge is 0.366 e. The Balaban J connectivity index is 1.94. The van der Waals surface area contributed by atoms with Crippen LogP contribution in [0.15, 0.2) is 30.5 Å². The molecule has 0 saturated heterocycles. The molecule has 0 saturated carbocycles. The molecule has 1 heterocycles. The van der Waals surface area contributed by atoms with Crippen molar-refractivity contribution in [2.45, 2.75) is 20.0 Å². The molecular formula is C14H18N4O. The second-order valence-electron chi connectivity index (χ2n) is 4.55. The minimum atomic E-state index is -0.398. The molecule has 1 aromatic heterocycles. The van der Waals surface area contributed by atoms with Gasteiger partial charge in [-0.05, 0) is 24.6 Å². The fraction of sp³-hybridized carbons (Fsp3) is 0.286. The third-order valence-electron chi connectivity index (χ3n) is 3.19. The van der Waals surface area contributed by atoms with Crippen molar-refractivity contribution in [1.82, 2.24) is 15.1 Å². The number of rotatable bonds is 5. The zero-order valence-corrected chi connectivity index (χ0v) is 11.2. The number of hydrogen-bond donors (Lipinski definition) is 2. The van der Waals surface area contributed by atoms with Crippen LogP contribution in [0.4, 0.5) is 0 Å². The van der Waals surface area contributed by atoms with Crippen LogP contribution in [-0.4, -0.2) is 15.7 Å². The lowest BCUT2D eigenvalue weighted by Crippen LogP contribution is -2.15. The van der Waals surface area contributed by atoms with Gasteiger partial charge in [-0.1, -0.05) is 12.1 Å². The number of nitrogens with two attached hydrogens (primary N) is 1. The van der Waals surface area contributed by atoms with Crippen LogP contribution in [0.25, 0.3) is 0 Å². The zero-order chi connectivity index (χ0) is 13.8. The highest BCUT2D eigenvalue weighted by Gasteiger charge is 2.04. The Labute approximate surface area is 112 Å². The van der Waals surface area contributed by atoms with Crippen LogP contribution in [0.3, 0.4) is 0 Å². The Morgan fingerprint density at radius 2 is 2.21 bits per heavy atom. The maximum absolute atomic E-state index is 11.1. The number of aryl methyl sites for hydroxylation is 1. The summed E-state index contributed by atoms with van der Waals surface area (Å²) >= 11 is 0. The predicted octanol–water partition coefficient (Wildman–Crippen LogP) is 1.12. The molecule has 3 N–H and O–H groups in total. The van der Waals surface area contributed by atoms with E-state index in [1.165, 1.54) is 5.56 Å². The first-order chi connectivity index (χ1) is 9.08. The number of primary amides is 1. The standard InChI is InChI=1S/C14H18N4O/c1-10-13(9-17-18(10)2)8-16-7-11-4-3-5-12(6-11)14(15)19/h3-6,9,16H,7-8H2,1-2H3,(H2,15,19). The second kappa shape index (κ2) is 5.67. The molecule has 0 unspecified atom stereocenters. The lowest BCUT2D eigenvalue weighted by atomic mass is 10.1. The van der Waals surface area contributed by atoms with E-state index in [0.29, 0.717) is 12.1 Å². The Kier molecular flexibility index (Phi) is 3.97. The quantitative estimate of drug-likeness (QED) is 0.844. The van der Waals surface area contributed by atoms with Crippen LogP contribution < -0.4 is 11.1 Å². The number of carbonyl (C=O) groups excluding carboxylic acids is 1. The third-order valence-corrected chi connectivity index (χ3v) is 3.19. The van der Waals surface area contributed by atoms with E-state index < -0.39 is 5.91 Å². The van der Waals surface area contributed by atoms with Gasteiger partial charge in [-0.25, -0.2) is 0 Å². The minimum absolute atomic E-state index is 0.398. The van der Waals surface area contributed by atoms with Crippen molar-refractivity contribution >= 4 is 5.91 Å². The molecule has 5 nitrogen and oxygen atoms in total. The van der Waals surface area contributed by atoms with Crippen molar-refractivity contribution in [1.29, 1.82) is 0 Å². The molecule has 19 heavy (non-hydrogen) atoms. The molecule has 0 bridgehead atoms. The smallest absolute Gasteiger partial charge is 0.248 e. The summed E-state index contributed by atoms with van der Waals surface area (Å²) in [6, 6.07) is 7.34.